The molecule has 0 spiro atoms. The SMILES string of the molecule is CC(C)CC1CC(C)CC(C)(O)C1. The lowest BCUT2D eigenvalue weighted by molar-refractivity contribution is -0.0220. The van der Waals surface area contributed by atoms with Crippen LogP contribution in [0.25, 0.3) is 0 Å². The number of aliphatic hydroxyl groups is 1. The third-order valence-electron chi connectivity index (χ3n) is 3.06. The number of hydrogen-bond donors (Lipinski definition) is 1. The average molecular weight is 184 g/mol. The Morgan fingerprint density at radius 3 is 2.46 bits per heavy atom. The Morgan fingerprint density at radius 2 is 2.00 bits per heavy atom. The Morgan fingerprint density at radius 1 is 1.38 bits per heavy atom. The lowest BCUT2D eigenvalue weighted by atomic mass is 9.71. The molecule has 0 saturated heterocycles. The van der Waals surface area contributed by atoms with E-state index in [1.54, 1.807) is 0 Å². The van der Waals surface area contributed by atoms with Crippen LogP contribution in [0.3, 0.4) is 0 Å². The molecule has 0 aromatic rings. The van der Waals surface area contributed by atoms with Gasteiger partial charge in [-0.3, -0.25) is 0 Å². The fourth-order valence-electron chi connectivity index (χ4n) is 3.04. The second kappa shape index (κ2) is 4.00. The molecule has 3 atom stereocenters. The van der Waals surface area contributed by atoms with Gasteiger partial charge in [-0.25, -0.2) is 0 Å². The van der Waals surface area contributed by atoms with Crippen LogP contribution in [0.2, 0.25) is 0 Å². The predicted molar refractivity (Wildman–Crippen MR) is 56.6 cm³/mol. The molecular weight excluding hydrogens is 160 g/mol. The minimum absolute atomic E-state index is 0.392. The third kappa shape index (κ3) is 3.68. The quantitative estimate of drug-likeness (QED) is 0.698. The largest absolute Gasteiger partial charge is 0.390 e. The van der Waals surface area contributed by atoms with Crippen molar-refractivity contribution in [3.8, 4) is 0 Å². The van der Waals surface area contributed by atoms with Crippen LogP contribution in [0.5, 0.6) is 0 Å². The van der Waals surface area contributed by atoms with Gasteiger partial charge in [-0.1, -0.05) is 20.8 Å². The van der Waals surface area contributed by atoms with Gasteiger partial charge >= 0.3 is 0 Å². The van der Waals surface area contributed by atoms with Crippen molar-refractivity contribution in [3.05, 3.63) is 0 Å². The van der Waals surface area contributed by atoms with Gasteiger partial charge in [0.05, 0.1) is 5.60 Å². The molecule has 1 nitrogen and oxygen atoms in total. The molecule has 1 heteroatoms. The van der Waals surface area contributed by atoms with Gasteiger partial charge in [-0.05, 0) is 50.4 Å². The summed E-state index contributed by atoms with van der Waals surface area (Å²) in [5.74, 6) is 2.22. The molecular formula is C12H24O. The maximum absolute atomic E-state index is 10.0. The number of rotatable bonds is 2. The van der Waals surface area contributed by atoms with E-state index < -0.39 is 5.60 Å². The van der Waals surface area contributed by atoms with E-state index in [4.69, 9.17) is 0 Å². The first-order valence-corrected chi connectivity index (χ1v) is 5.61. The molecule has 13 heavy (non-hydrogen) atoms. The standard InChI is InChI=1S/C12H24O/c1-9(2)5-11-6-10(3)7-12(4,13)8-11/h9-11,13H,5-8H2,1-4H3. The zero-order chi connectivity index (χ0) is 10.1. The Hall–Kier alpha value is -0.0400. The predicted octanol–water partition coefficient (Wildman–Crippen LogP) is 3.22. The van der Waals surface area contributed by atoms with E-state index in [0.29, 0.717) is 5.92 Å². The van der Waals surface area contributed by atoms with Gasteiger partial charge < -0.3 is 5.11 Å². The second-order valence-electron chi connectivity index (χ2n) is 5.74. The summed E-state index contributed by atoms with van der Waals surface area (Å²) in [7, 11) is 0. The molecule has 1 saturated carbocycles. The highest BCUT2D eigenvalue weighted by Crippen LogP contribution is 2.38. The van der Waals surface area contributed by atoms with E-state index in [9.17, 15) is 5.11 Å². The zero-order valence-electron chi connectivity index (χ0n) is 9.51. The molecule has 0 heterocycles. The summed E-state index contributed by atoms with van der Waals surface area (Å²) in [5.41, 5.74) is -0.392. The van der Waals surface area contributed by atoms with Crippen LogP contribution in [-0.4, -0.2) is 10.7 Å². The summed E-state index contributed by atoms with van der Waals surface area (Å²) in [5, 5.41) is 10.0. The molecule has 0 amide bonds. The first kappa shape index (κ1) is 11.0. The van der Waals surface area contributed by atoms with Crippen LogP contribution in [0.15, 0.2) is 0 Å². The molecule has 1 fully saturated rings. The van der Waals surface area contributed by atoms with Gasteiger partial charge in [0, 0.05) is 0 Å². The molecule has 3 unspecified atom stereocenters. The molecule has 0 aromatic heterocycles. The van der Waals surface area contributed by atoms with Crippen molar-refractivity contribution >= 4 is 0 Å². The van der Waals surface area contributed by atoms with Crippen LogP contribution in [0, 0.1) is 17.8 Å². The summed E-state index contributed by atoms with van der Waals surface area (Å²) < 4.78 is 0. The van der Waals surface area contributed by atoms with Crippen molar-refractivity contribution in [2.45, 2.75) is 59.0 Å². The molecule has 1 aliphatic carbocycles. The van der Waals surface area contributed by atoms with Crippen LogP contribution in [-0.2, 0) is 0 Å². The van der Waals surface area contributed by atoms with Gasteiger partial charge in [-0.2, -0.15) is 0 Å². The molecule has 0 aliphatic heterocycles. The molecule has 0 bridgehead atoms. The molecule has 0 radical (unpaired) electrons. The highest BCUT2D eigenvalue weighted by Gasteiger charge is 2.33. The summed E-state index contributed by atoms with van der Waals surface area (Å²) in [6.45, 7) is 8.80. The first-order valence-electron chi connectivity index (χ1n) is 5.61. The molecule has 1 N–H and O–H groups in total. The number of hydrogen-bond acceptors (Lipinski definition) is 1. The van der Waals surface area contributed by atoms with E-state index >= 15 is 0 Å². The van der Waals surface area contributed by atoms with Gasteiger partial charge in [0.2, 0.25) is 0 Å². The van der Waals surface area contributed by atoms with Crippen molar-refractivity contribution in [2.75, 3.05) is 0 Å². The normalized spacial score (nSPS) is 41.1. The van der Waals surface area contributed by atoms with Crippen molar-refractivity contribution in [3.63, 3.8) is 0 Å². The highest BCUT2D eigenvalue weighted by atomic mass is 16.3. The lowest BCUT2D eigenvalue weighted by Gasteiger charge is -2.38. The topological polar surface area (TPSA) is 20.2 Å². The zero-order valence-corrected chi connectivity index (χ0v) is 9.51. The van der Waals surface area contributed by atoms with Crippen LogP contribution in [0.4, 0.5) is 0 Å². The summed E-state index contributed by atoms with van der Waals surface area (Å²) in [6.07, 6.45) is 4.59. The van der Waals surface area contributed by atoms with E-state index in [1.807, 2.05) is 6.92 Å². The van der Waals surface area contributed by atoms with Crippen molar-refractivity contribution in [1.29, 1.82) is 0 Å². The minimum Gasteiger partial charge on any atom is -0.390 e. The maximum atomic E-state index is 10.0. The van der Waals surface area contributed by atoms with Crippen molar-refractivity contribution < 1.29 is 5.11 Å². The monoisotopic (exact) mass is 184 g/mol. The van der Waals surface area contributed by atoms with Crippen molar-refractivity contribution in [1.82, 2.24) is 0 Å². The lowest BCUT2D eigenvalue weighted by Crippen LogP contribution is -2.35. The van der Waals surface area contributed by atoms with Gasteiger partial charge in [0.25, 0.3) is 0 Å². The summed E-state index contributed by atoms with van der Waals surface area (Å²) in [6, 6.07) is 0. The Kier molecular flexibility index (Phi) is 3.39. The van der Waals surface area contributed by atoms with E-state index in [1.165, 1.54) is 12.8 Å². The molecule has 0 aromatic carbocycles. The smallest absolute Gasteiger partial charge is 0.0625 e. The van der Waals surface area contributed by atoms with Crippen LogP contribution >= 0.6 is 0 Å². The minimum atomic E-state index is -0.392. The van der Waals surface area contributed by atoms with Gasteiger partial charge in [0.1, 0.15) is 0 Å². The summed E-state index contributed by atoms with van der Waals surface area (Å²) in [4.78, 5) is 0. The van der Waals surface area contributed by atoms with E-state index in [2.05, 4.69) is 20.8 Å². The molecule has 1 rings (SSSR count). The van der Waals surface area contributed by atoms with Gasteiger partial charge in [-0.15, -0.1) is 0 Å². The third-order valence-corrected chi connectivity index (χ3v) is 3.06. The summed E-state index contributed by atoms with van der Waals surface area (Å²) >= 11 is 0. The Bertz CT molecular complexity index is 159. The van der Waals surface area contributed by atoms with Crippen LogP contribution < -0.4 is 0 Å². The molecule has 78 valence electrons. The Labute approximate surface area is 82.5 Å². The van der Waals surface area contributed by atoms with Crippen molar-refractivity contribution in [2.24, 2.45) is 17.8 Å². The van der Waals surface area contributed by atoms with Crippen LogP contribution in [0.1, 0.15) is 53.4 Å². The highest BCUT2D eigenvalue weighted by molar-refractivity contribution is 4.85. The van der Waals surface area contributed by atoms with E-state index in [-0.39, 0.29) is 0 Å². The second-order valence-corrected chi connectivity index (χ2v) is 5.74. The first-order chi connectivity index (χ1) is 5.89. The van der Waals surface area contributed by atoms with E-state index in [0.717, 1.165) is 24.7 Å². The average Bonchev–Trinajstić information content (AvgIpc) is 1.78. The Balaban J connectivity index is 2.48. The maximum Gasteiger partial charge on any atom is 0.0625 e. The fourth-order valence-corrected chi connectivity index (χ4v) is 3.04. The molecule has 1 aliphatic rings. The van der Waals surface area contributed by atoms with Gasteiger partial charge in [0.15, 0.2) is 0 Å². The fraction of sp³-hybridized carbons (Fsp3) is 1.00.